The summed E-state index contributed by atoms with van der Waals surface area (Å²) in [6.45, 7) is 3.06. The van der Waals surface area contributed by atoms with E-state index in [1.807, 2.05) is 13.0 Å². The first-order valence-electron chi connectivity index (χ1n) is 5.74. The summed E-state index contributed by atoms with van der Waals surface area (Å²) in [5.41, 5.74) is 0.973. The third-order valence-electron chi connectivity index (χ3n) is 2.19. The van der Waals surface area contributed by atoms with Gasteiger partial charge in [-0.05, 0) is 24.6 Å². The molecule has 0 saturated heterocycles. The summed E-state index contributed by atoms with van der Waals surface area (Å²) < 4.78 is 5.22. The average molecular weight is 267 g/mol. The quantitative estimate of drug-likeness (QED) is 0.805. The lowest BCUT2D eigenvalue weighted by Crippen LogP contribution is -2.14. The van der Waals surface area contributed by atoms with E-state index in [1.165, 1.54) is 6.07 Å². The number of nitrogens with one attached hydrogen (secondary N) is 1. The van der Waals surface area contributed by atoms with Crippen LogP contribution in [0.15, 0.2) is 18.2 Å². The lowest BCUT2D eigenvalue weighted by Gasteiger charge is -2.07. The molecule has 96 valence electrons. The van der Waals surface area contributed by atoms with Crippen molar-refractivity contribution in [3.63, 3.8) is 0 Å². The molecule has 0 radical (unpaired) electrons. The van der Waals surface area contributed by atoms with Crippen LogP contribution in [0.2, 0.25) is 5.02 Å². The van der Waals surface area contributed by atoms with E-state index in [1.54, 1.807) is 12.1 Å². The number of nitrogens with zero attached hydrogens (tertiary/aromatic N) is 1. The van der Waals surface area contributed by atoms with Gasteiger partial charge in [0, 0.05) is 6.61 Å². The summed E-state index contributed by atoms with van der Waals surface area (Å²) in [6.07, 6.45) is 1.22. The highest BCUT2D eigenvalue weighted by Crippen LogP contribution is 2.22. The van der Waals surface area contributed by atoms with Gasteiger partial charge in [-0.2, -0.15) is 5.26 Å². The molecule has 1 rings (SSSR count). The molecule has 1 N–H and O–H groups in total. The van der Waals surface area contributed by atoms with Gasteiger partial charge < -0.3 is 10.1 Å². The molecule has 1 amide bonds. The Balaban J connectivity index is 2.47. The molecule has 0 bridgehead atoms. The standard InChI is InChI=1S/C13H15ClN2O2/c1-2-6-18-7-5-13(17)16-12-4-3-10(9-15)8-11(12)14/h3-4,8H,2,5-7H2,1H3,(H,16,17). The van der Waals surface area contributed by atoms with Crippen LogP contribution in [-0.2, 0) is 9.53 Å². The number of hydrogen-bond acceptors (Lipinski definition) is 3. The molecule has 0 spiro atoms. The zero-order chi connectivity index (χ0) is 13.4. The molecule has 0 aromatic heterocycles. The fourth-order valence-electron chi connectivity index (χ4n) is 1.31. The van der Waals surface area contributed by atoms with Crippen molar-refractivity contribution >= 4 is 23.2 Å². The number of benzene rings is 1. The number of hydrogen-bond donors (Lipinski definition) is 1. The zero-order valence-corrected chi connectivity index (χ0v) is 11.0. The van der Waals surface area contributed by atoms with Crippen LogP contribution in [0.4, 0.5) is 5.69 Å². The van der Waals surface area contributed by atoms with Gasteiger partial charge in [-0.25, -0.2) is 0 Å². The molecule has 0 heterocycles. The SMILES string of the molecule is CCCOCCC(=O)Nc1ccc(C#N)cc1Cl. The summed E-state index contributed by atoms with van der Waals surface area (Å²) in [4.78, 5) is 11.6. The van der Waals surface area contributed by atoms with Gasteiger partial charge in [0.2, 0.25) is 5.91 Å². The minimum Gasteiger partial charge on any atom is -0.381 e. The predicted molar refractivity (Wildman–Crippen MR) is 70.5 cm³/mol. The third kappa shape index (κ3) is 4.74. The maximum absolute atomic E-state index is 11.6. The van der Waals surface area contributed by atoms with Crippen molar-refractivity contribution in [2.45, 2.75) is 19.8 Å². The Hall–Kier alpha value is -1.57. The van der Waals surface area contributed by atoms with Gasteiger partial charge in [-0.1, -0.05) is 18.5 Å². The minimum atomic E-state index is -0.155. The van der Waals surface area contributed by atoms with Crippen molar-refractivity contribution in [3.8, 4) is 6.07 Å². The monoisotopic (exact) mass is 266 g/mol. The highest BCUT2D eigenvalue weighted by Gasteiger charge is 2.06. The molecule has 0 fully saturated rings. The summed E-state index contributed by atoms with van der Waals surface area (Å²) in [5.74, 6) is -0.155. The average Bonchev–Trinajstić information content (AvgIpc) is 2.37. The van der Waals surface area contributed by atoms with E-state index in [4.69, 9.17) is 21.6 Å². The number of carbonyl (C=O) groups is 1. The second-order valence-electron chi connectivity index (χ2n) is 3.72. The molecule has 5 heteroatoms. The molecule has 0 saturated carbocycles. The van der Waals surface area contributed by atoms with E-state index >= 15 is 0 Å². The number of anilines is 1. The van der Waals surface area contributed by atoms with Crippen molar-refractivity contribution in [1.82, 2.24) is 0 Å². The molecule has 18 heavy (non-hydrogen) atoms. The van der Waals surface area contributed by atoms with Crippen LogP contribution >= 0.6 is 11.6 Å². The number of carbonyl (C=O) groups excluding carboxylic acids is 1. The van der Waals surface area contributed by atoms with Gasteiger partial charge in [-0.3, -0.25) is 4.79 Å². The number of rotatable bonds is 6. The summed E-state index contributed by atoms with van der Waals surface area (Å²) in [6, 6.07) is 6.72. The molecule has 0 aliphatic carbocycles. The molecule has 4 nitrogen and oxygen atoms in total. The van der Waals surface area contributed by atoms with E-state index in [0.717, 1.165) is 6.42 Å². The van der Waals surface area contributed by atoms with Gasteiger partial charge >= 0.3 is 0 Å². The molecule has 1 aromatic rings. The predicted octanol–water partition coefficient (Wildman–Crippen LogP) is 2.97. The Morgan fingerprint density at radius 2 is 2.28 bits per heavy atom. The van der Waals surface area contributed by atoms with Crippen LogP contribution in [0.3, 0.4) is 0 Å². The van der Waals surface area contributed by atoms with Crippen molar-refractivity contribution < 1.29 is 9.53 Å². The second-order valence-corrected chi connectivity index (χ2v) is 4.12. The molecule has 0 aliphatic heterocycles. The van der Waals surface area contributed by atoms with Crippen molar-refractivity contribution in [2.24, 2.45) is 0 Å². The maximum Gasteiger partial charge on any atom is 0.226 e. The molecule has 0 atom stereocenters. The lowest BCUT2D eigenvalue weighted by molar-refractivity contribution is -0.117. The Kier molecular flexibility index (Phi) is 6.20. The molecular formula is C13H15ClN2O2. The summed E-state index contributed by atoms with van der Waals surface area (Å²) >= 11 is 5.94. The van der Waals surface area contributed by atoms with Gasteiger partial charge in [-0.15, -0.1) is 0 Å². The number of halogens is 1. The van der Waals surface area contributed by atoms with E-state index < -0.39 is 0 Å². The molecule has 0 unspecified atom stereocenters. The largest absolute Gasteiger partial charge is 0.381 e. The number of nitriles is 1. The van der Waals surface area contributed by atoms with Crippen molar-refractivity contribution in [2.75, 3.05) is 18.5 Å². The van der Waals surface area contributed by atoms with E-state index in [0.29, 0.717) is 29.5 Å². The topological polar surface area (TPSA) is 62.1 Å². The summed E-state index contributed by atoms with van der Waals surface area (Å²) in [5, 5.41) is 11.7. The van der Waals surface area contributed by atoms with Crippen LogP contribution in [0.1, 0.15) is 25.3 Å². The highest BCUT2D eigenvalue weighted by molar-refractivity contribution is 6.33. The van der Waals surface area contributed by atoms with Gasteiger partial charge in [0.15, 0.2) is 0 Å². The Morgan fingerprint density at radius 1 is 1.50 bits per heavy atom. The van der Waals surface area contributed by atoms with Gasteiger partial charge in [0.25, 0.3) is 0 Å². The van der Waals surface area contributed by atoms with Crippen molar-refractivity contribution in [1.29, 1.82) is 5.26 Å². The van der Waals surface area contributed by atoms with Crippen LogP contribution in [0, 0.1) is 11.3 Å². The molecule has 0 aliphatic rings. The molecule has 1 aromatic carbocycles. The fraction of sp³-hybridized carbons (Fsp3) is 0.385. The first-order valence-corrected chi connectivity index (χ1v) is 6.12. The first-order chi connectivity index (χ1) is 8.67. The summed E-state index contributed by atoms with van der Waals surface area (Å²) in [7, 11) is 0. The van der Waals surface area contributed by atoms with E-state index in [-0.39, 0.29) is 12.3 Å². The number of amides is 1. The van der Waals surface area contributed by atoms with Crippen molar-refractivity contribution in [3.05, 3.63) is 28.8 Å². The van der Waals surface area contributed by atoms with Crippen LogP contribution in [-0.4, -0.2) is 19.1 Å². The van der Waals surface area contributed by atoms with Gasteiger partial charge in [0.05, 0.1) is 35.4 Å². The Labute approximate surface area is 112 Å². The maximum atomic E-state index is 11.6. The Bertz CT molecular complexity index is 455. The lowest BCUT2D eigenvalue weighted by atomic mass is 10.2. The Morgan fingerprint density at radius 3 is 2.89 bits per heavy atom. The van der Waals surface area contributed by atoms with E-state index in [2.05, 4.69) is 5.32 Å². The fourth-order valence-corrected chi connectivity index (χ4v) is 1.54. The van der Waals surface area contributed by atoms with Crippen LogP contribution in [0.5, 0.6) is 0 Å². The van der Waals surface area contributed by atoms with Gasteiger partial charge in [0.1, 0.15) is 0 Å². The van der Waals surface area contributed by atoms with E-state index in [9.17, 15) is 4.79 Å². The minimum absolute atomic E-state index is 0.155. The normalized spacial score (nSPS) is 9.83. The third-order valence-corrected chi connectivity index (χ3v) is 2.51. The first kappa shape index (κ1) is 14.5. The van der Waals surface area contributed by atoms with Crippen LogP contribution < -0.4 is 5.32 Å². The highest BCUT2D eigenvalue weighted by atomic mass is 35.5. The second kappa shape index (κ2) is 7.70. The zero-order valence-electron chi connectivity index (χ0n) is 10.2. The smallest absolute Gasteiger partial charge is 0.226 e. The van der Waals surface area contributed by atoms with Crippen LogP contribution in [0.25, 0.3) is 0 Å². The molecular weight excluding hydrogens is 252 g/mol. The number of ether oxygens (including phenoxy) is 1.